The Hall–Kier alpha value is -3.40. The van der Waals surface area contributed by atoms with E-state index in [0.717, 1.165) is 18.4 Å². The highest BCUT2D eigenvalue weighted by atomic mass is 16.5. The first-order valence-electron chi connectivity index (χ1n) is 8.69. The number of esters is 1. The fourth-order valence-corrected chi connectivity index (χ4v) is 2.87. The molecule has 0 spiro atoms. The van der Waals surface area contributed by atoms with Gasteiger partial charge in [-0.1, -0.05) is 48.1 Å². The fourth-order valence-electron chi connectivity index (χ4n) is 2.87. The van der Waals surface area contributed by atoms with Crippen molar-refractivity contribution >= 4 is 11.9 Å². The van der Waals surface area contributed by atoms with E-state index in [0.29, 0.717) is 5.75 Å². The Labute approximate surface area is 158 Å². The summed E-state index contributed by atoms with van der Waals surface area (Å²) in [5, 5.41) is 9.01. The minimum atomic E-state index is -1.08. The summed E-state index contributed by atoms with van der Waals surface area (Å²) >= 11 is 0. The third-order valence-electron chi connectivity index (χ3n) is 4.38. The van der Waals surface area contributed by atoms with Crippen molar-refractivity contribution in [1.82, 2.24) is 0 Å². The summed E-state index contributed by atoms with van der Waals surface area (Å²) in [6, 6.07) is 13.2. The zero-order valence-electron chi connectivity index (χ0n) is 15.0. The number of aromatic carboxylic acids is 1. The molecule has 0 radical (unpaired) electrons. The second kappa shape index (κ2) is 8.32. The van der Waals surface area contributed by atoms with Crippen molar-refractivity contribution in [2.24, 2.45) is 0 Å². The van der Waals surface area contributed by atoms with Gasteiger partial charge in [-0.25, -0.2) is 9.59 Å². The molecule has 0 fully saturated rings. The van der Waals surface area contributed by atoms with Crippen molar-refractivity contribution in [3.8, 4) is 5.75 Å². The van der Waals surface area contributed by atoms with E-state index in [1.165, 1.54) is 35.4 Å². The number of rotatable bonds is 5. The van der Waals surface area contributed by atoms with Crippen molar-refractivity contribution in [3.63, 3.8) is 0 Å². The maximum atomic E-state index is 12.2. The molecule has 1 N–H and O–H groups in total. The summed E-state index contributed by atoms with van der Waals surface area (Å²) < 4.78 is 5.35. The van der Waals surface area contributed by atoms with Gasteiger partial charge in [-0.3, -0.25) is 0 Å². The van der Waals surface area contributed by atoms with Crippen LogP contribution in [-0.2, 0) is 6.42 Å². The standard InChI is InChI=1S/C23H20O4/c1-16(18-6-3-2-4-7-18)14-17-10-12-21(13-11-17)27-23(26)20-9-5-8-19(15-20)22(24)25/h2-6,8-13,15H,7,14H2,1H3,(H,24,25). The third-order valence-corrected chi connectivity index (χ3v) is 4.38. The van der Waals surface area contributed by atoms with E-state index in [1.54, 1.807) is 12.1 Å². The van der Waals surface area contributed by atoms with Gasteiger partial charge in [-0.2, -0.15) is 0 Å². The van der Waals surface area contributed by atoms with E-state index in [1.807, 2.05) is 24.3 Å². The van der Waals surface area contributed by atoms with Gasteiger partial charge in [0, 0.05) is 0 Å². The van der Waals surface area contributed by atoms with Gasteiger partial charge in [-0.05, 0) is 61.2 Å². The lowest BCUT2D eigenvalue weighted by Crippen LogP contribution is -2.09. The van der Waals surface area contributed by atoms with Crippen molar-refractivity contribution in [1.29, 1.82) is 0 Å². The molecule has 0 saturated carbocycles. The number of ether oxygens (including phenoxy) is 1. The number of carbonyl (C=O) groups excluding carboxylic acids is 1. The quantitative estimate of drug-likeness (QED) is 0.603. The molecule has 4 nitrogen and oxygen atoms in total. The average Bonchev–Trinajstić information content (AvgIpc) is 2.70. The van der Waals surface area contributed by atoms with Gasteiger partial charge in [-0.15, -0.1) is 0 Å². The van der Waals surface area contributed by atoms with Crippen molar-refractivity contribution in [3.05, 3.63) is 101 Å². The summed E-state index contributed by atoms with van der Waals surface area (Å²) in [5.74, 6) is -1.24. The maximum Gasteiger partial charge on any atom is 0.343 e. The van der Waals surface area contributed by atoms with Crippen LogP contribution in [0.5, 0.6) is 5.75 Å². The molecule has 2 aromatic rings. The van der Waals surface area contributed by atoms with Crippen LogP contribution >= 0.6 is 0 Å². The van der Waals surface area contributed by atoms with Crippen LogP contribution in [0.25, 0.3) is 0 Å². The molecule has 0 heterocycles. The predicted octanol–water partition coefficient (Wildman–Crippen LogP) is 4.98. The van der Waals surface area contributed by atoms with Crippen LogP contribution in [-0.4, -0.2) is 17.0 Å². The summed E-state index contributed by atoms with van der Waals surface area (Å²) in [7, 11) is 0. The Bertz CT molecular complexity index is 947. The number of hydrogen-bond donors (Lipinski definition) is 1. The third kappa shape index (κ3) is 4.82. The smallest absolute Gasteiger partial charge is 0.343 e. The van der Waals surface area contributed by atoms with E-state index in [2.05, 4.69) is 19.1 Å². The minimum Gasteiger partial charge on any atom is -0.478 e. The number of carboxylic acid groups (broad SMARTS) is 1. The highest BCUT2D eigenvalue weighted by Gasteiger charge is 2.12. The molecule has 1 aliphatic carbocycles. The summed E-state index contributed by atoms with van der Waals surface area (Å²) in [4.78, 5) is 23.2. The second-order valence-corrected chi connectivity index (χ2v) is 6.39. The van der Waals surface area contributed by atoms with E-state index in [9.17, 15) is 9.59 Å². The Morgan fingerprint density at radius 3 is 2.44 bits per heavy atom. The van der Waals surface area contributed by atoms with Gasteiger partial charge in [0.25, 0.3) is 0 Å². The first kappa shape index (κ1) is 18.4. The fraction of sp³-hybridized carbons (Fsp3) is 0.130. The Kier molecular flexibility index (Phi) is 5.67. The van der Waals surface area contributed by atoms with Crippen LogP contribution in [0.4, 0.5) is 0 Å². The first-order valence-corrected chi connectivity index (χ1v) is 8.69. The predicted molar refractivity (Wildman–Crippen MR) is 104 cm³/mol. The van der Waals surface area contributed by atoms with E-state index < -0.39 is 11.9 Å². The number of allylic oxidation sites excluding steroid dienone is 6. The summed E-state index contributed by atoms with van der Waals surface area (Å²) in [6.07, 6.45) is 10.2. The molecule has 136 valence electrons. The lowest BCUT2D eigenvalue weighted by atomic mass is 9.97. The number of carboxylic acids is 1. The molecule has 0 saturated heterocycles. The summed E-state index contributed by atoms with van der Waals surface area (Å²) in [6.45, 7) is 2.13. The topological polar surface area (TPSA) is 63.6 Å². The zero-order valence-corrected chi connectivity index (χ0v) is 15.0. The van der Waals surface area contributed by atoms with Crippen LogP contribution < -0.4 is 4.74 Å². The SMILES string of the molecule is CC(Cc1ccc(OC(=O)c2cccc(C(=O)O)c2)cc1)=C1C=CC=CC1. The van der Waals surface area contributed by atoms with E-state index >= 15 is 0 Å². The van der Waals surface area contributed by atoms with Gasteiger partial charge >= 0.3 is 11.9 Å². The Morgan fingerprint density at radius 1 is 1.04 bits per heavy atom. The molecule has 27 heavy (non-hydrogen) atoms. The van der Waals surface area contributed by atoms with Crippen LogP contribution in [0.3, 0.4) is 0 Å². The molecule has 0 aromatic heterocycles. The minimum absolute atomic E-state index is 0.0508. The largest absolute Gasteiger partial charge is 0.478 e. The molecule has 4 heteroatoms. The van der Waals surface area contributed by atoms with E-state index in [-0.39, 0.29) is 11.1 Å². The molecule has 2 aromatic carbocycles. The van der Waals surface area contributed by atoms with Crippen molar-refractivity contribution in [2.75, 3.05) is 0 Å². The first-order chi connectivity index (χ1) is 13.0. The molecule has 3 rings (SSSR count). The van der Waals surface area contributed by atoms with Crippen LogP contribution in [0.1, 0.15) is 39.6 Å². The number of benzene rings is 2. The Morgan fingerprint density at radius 2 is 1.78 bits per heavy atom. The lowest BCUT2D eigenvalue weighted by Gasteiger charge is -2.10. The molecule has 0 atom stereocenters. The summed E-state index contributed by atoms with van der Waals surface area (Å²) in [5.41, 5.74) is 4.03. The molecular formula is C23H20O4. The van der Waals surface area contributed by atoms with Crippen LogP contribution in [0.2, 0.25) is 0 Å². The van der Waals surface area contributed by atoms with Crippen molar-refractivity contribution in [2.45, 2.75) is 19.8 Å². The molecule has 0 aliphatic heterocycles. The van der Waals surface area contributed by atoms with Crippen LogP contribution in [0.15, 0.2) is 84.0 Å². The molecule has 0 amide bonds. The molecular weight excluding hydrogens is 340 g/mol. The van der Waals surface area contributed by atoms with Gasteiger partial charge in [0.05, 0.1) is 11.1 Å². The van der Waals surface area contributed by atoms with Gasteiger partial charge in [0.2, 0.25) is 0 Å². The molecule has 1 aliphatic rings. The van der Waals surface area contributed by atoms with Gasteiger partial charge in [0.1, 0.15) is 5.75 Å². The highest BCUT2D eigenvalue weighted by molar-refractivity contribution is 5.95. The van der Waals surface area contributed by atoms with E-state index in [4.69, 9.17) is 9.84 Å². The average molecular weight is 360 g/mol. The zero-order chi connectivity index (χ0) is 19.2. The van der Waals surface area contributed by atoms with Gasteiger partial charge in [0.15, 0.2) is 0 Å². The van der Waals surface area contributed by atoms with Crippen molar-refractivity contribution < 1.29 is 19.4 Å². The Balaban J connectivity index is 1.66. The van der Waals surface area contributed by atoms with Gasteiger partial charge < -0.3 is 9.84 Å². The second-order valence-electron chi connectivity index (χ2n) is 6.39. The lowest BCUT2D eigenvalue weighted by molar-refractivity contribution is 0.0697. The molecule has 0 bridgehead atoms. The highest BCUT2D eigenvalue weighted by Crippen LogP contribution is 2.21. The normalized spacial score (nSPS) is 14.7. The molecule has 0 unspecified atom stereocenters. The maximum absolute atomic E-state index is 12.2. The number of hydrogen-bond acceptors (Lipinski definition) is 3. The monoisotopic (exact) mass is 360 g/mol. The van der Waals surface area contributed by atoms with Crippen LogP contribution in [0, 0.1) is 0 Å². The number of carbonyl (C=O) groups is 2.